The topological polar surface area (TPSA) is 49.3 Å². The maximum absolute atomic E-state index is 13.6. The maximum Gasteiger partial charge on any atom is 0.255 e. The fourth-order valence-electron chi connectivity index (χ4n) is 2.12. The summed E-state index contributed by atoms with van der Waals surface area (Å²) in [6.45, 7) is 7.74. The van der Waals surface area contributed by atoms with E-state index in [0.717, 1.165) is 0 Å². The van der Waals surface area contributed by atoms with Gasteiger partial charge in [-0.05, 0) is 18.1 Å². The highest BCUT2D eigenvalue weighted by Gasteiger charge is 2.31. The lowest BCUT2D eigenvalue weighted by atomic mass is 9.80. The average Bonchev–Trinajstić information content (AvgIpc) is 2.35. The Morgan fingerprint density at radius 2 is 2.05 bits per heavy atom. The molecule has 0 radical (unpaired) electrons. The highest BCUT2D eigenvalue weighted by molar-refractivity contribution is 6.33. The van der Waals surface area contributed by atoms with E-state index in [1.807, 2.05) is 27.7 Å². The normalized spacial score (nSPS) is 13.4. The van der Waals surface area contributed by atoms with Crippen LogP contribution in [0.1, 0.15) is 38.1 Å². The number of aliphatic hydroxyl groups excluding tert-OH is 1. The van der Waals surface area contributed by atoms with Gasteiger partial charge in [-0.15, -0.1) is 0 Å². The number of benzene rings is 1. The van der Waals surface area contributed by atoms with Crippen LogP contribution in [0.2, 0.25) is 5.02 Å². The van der Waals surface area contributed by atoms with Crippen LogP contribution in [-0.2, 0) is 0 Å². The molecule has 0 spiro atoms. The average molecular weight is 302 g/mol. The monoisotopic (exact) mass is 301 g/mol. The Bertz CT molecular complexity index is 469. The van der Waals surface area contributed by atoms with Crippen LogP contribution in [0.5, 0.6) is 0 Å². The number of carbonyl (C=O) groups excluding carboxylic acids is 1. The Morgan fingerprint density at radius 3 is 2.55 bits per heavy atom. The van der Waals surface area contributed by atoms with Crippen LogP contribution in [0, 0.1) is 17.2 Å². The number of rotatable bonds is 5. The summed E-state index contributed by atoms with van der Waals surface area (Å²) < 4.78 is 13.6. The molecule has 1 aromatic carbocycles. The van der Waals surface area contributed by atoms with E-state index < -0.39 is 23.2 Å². The van der Waals surface area contributed by atoms with Gasteiger partial charge in [-0.25, -0.2) is 4.39 Å². The fraction of sp³-hybridized carbons (Fsp3) is 0.533. The Kier molecular flexibility index (Phi) is 5.54. The maximum atomic E-state index is 13.6. The van der Waals surface area contributed by atoms with Gasteiger partial charge in [0, 0.05) is 12.0 Å². The first kappa shape index (κ1) is 16.9. The minimum Gasteiger partial charge on any atom is -0.392 e. The molecule has 2 N–H and O–H groups in total. The second kappa shape index (κ2) is 6.55. The van der Waals surface area contributed by atoms with Gasteiger partial charge in [0.15, 0.2) is 0 Å². The Morgan fingerprint density at radius 1 is 1.45 bits per heavy atom. The van der Waals surface area contributed by atoms with Crippen molar-refractivity contribution in [3.63, 3.8) is 0 Å². The summed E-state index contributed by atoms with van der Waals surface area (Å²) in [6, 6.07) is 4.10. The quantitative estimate of drug-likeness (QED) is 0.877. The second-order valence-electron chi connectivity index (χ2n) is 5.96. The van der Waals surface area contributed by atoms with E-state index in [1.165, 1.54) is 18.2 Å². The number of hydrogen-bond acceptors (Lipinski definition) is 2. The fourth-order valence-corrected chi connectivity index (χ4v) is 2.37. The molecule has 0 saturated heterocycles. The summed E-state index contributed by atoms with van der Waals surface area (Å²) in [5, 5.41) is 12.8. The highest BCUT2D eigenvalue weighted by atomic mass is 35.5. The first-order chi connectivity index (χ1) is 9.16. The predicted molar refractivity (Wildman–Crippen MR) is 78.4 cm³/mol. The molecular weight excluding hydrogens is 281 g/mol. The Hall–Kier alpha value is -1.13. The Balaban J connectivity index is 2.78. The van der Waals surface area contributed by atoms with Crippen LogP contribution in [0.4, 0.5) is 4.39 Å². The van der Waals surface area contributed by atoms with Crippen molar-refractivity contribution in [3.8, 4) is 0 Å². The van der Waals surface area contributed by atoms with Crippen molar-refractivity contribution in [3.05, 3.63) is 34.6 Å². The number of hydrogen-bond donors (Lipinski definition) is 2. The van der Waals surface area contributed by atoms with Gasteiger partial charge < -0.3 is 10.4 Å². The van der Waals surface area contributed by atoms with Gasteiger partial charge in [0.25, 0.3) is 5.91 Å². The van der Waals surface area contributed by atoms with Crippen LogP contribution in [0.25, 0.3) is 0 Å². The lowest BCUT2D eigenvalue weighted by molar-refractivity contribution is 0.0138. The summed E-state index contributed by atoms with van der Waals surface area (Å²) in [5.74, 6) is -1.16. The predicted octanol–water partition coefficient (Wildman–Crippen LogP) is 3.25. The van der Waals surface area contributed by atoms with Crippen molar-refractivity contribution in [1.82, 2.24) is 5.32 Å². The molecule has 1 unspecified atom stereocenters. The third kappa shape index (κ3) is 3.93. The molecule has 0 aromatic heterocycles. The minimum atomic E-state index is -0.655. The summed E-state index contributed by atoms with van der Waals surface area (Å²) in [7, 11) is 0. The van der Waals surface area contributed by atoms with Gasteiger partial charge in [0.2, 0.25) is 0 Å². The zero-order valence-corrected chi connectivity index (χ0v) is 13.0. The molecule has 1 rings (SSSR count). The molecule has 112 valence electrons. The minimum absolute atomic E-state index is 0.0685. The van der Waals surface area contributed by atoms with E-state index in [2.05, 4.69) is 5.32 Å². The number of nitrogens with one attached hydrogen (secondary N) is 1. The third-order valence-corrected chi connectivity index (χ3v) is 3.64. The standard InChI is InChI=1S/C15H21ClFNO2/c1-9(2)13(19)15(3,4)8-18-14(20)12-10(16)6-5-7-11(12)17/h5-7,9,13,19H,8H2,1-4H3,(H,18,20). The molecule has 0 saturated carbocycles. The lowest BCUT2D eigenvalue weighted by Crippen LogP contribution is -2.43. The van der Waals surface area contributed by atoms with E-state index in [4.69, 9.17) is 11.6 Å². The zero-order chi connectivity index (χ0) is 15.5. The van der Waals surface area contributed by atoms with Gasteiger partial charge in [0.05, 0.1) is 16.7 Å². The van der Waals surface area contributed by atoms with Gasteiger partial charge >= 0.3 is 0 Å². The highest BCUT2D eigenvalue weighted by Crippen LogP contribution is 2.25. The molecule has 0 aliphatic carbocycles. The largest absolute Gasteiger partial charge is 0.392 e. The van der Waals surface area contributed by atoms with Gasteiger partial charge in [-0.3, -0.25) is 4.79 Å². The molecule has 0 fully saturated rings. The van der Waals surface area contributed by atoms with Crippen LogP contribution >= 0.6 is 11.6 Å². The summed E-state index contributed by atoms with van der Waals surface area (Å²) in [5.41, 5.74) is -0.675. The molecule has 0 heterocycles. The summed E-state index contributed by atoms with van der Waals surface area (Å²) >= 11 is 5.84. The third-order valence-electron chi connectivity index (χ3n) is 3.33. The van der Waals surface area contributed by atoms with E-state index >= 15 is 0 Å². The van der Waals surface area contributed by atoms with Crippen LogP contribution in [-0.4, -0.2) is 23.7 Å². The van der Waals surface area contributed by atoms with Gasteiger partial charge in [-0.1, -0.05) is 45.4 Å². The van der Waals surface area contributed by atoms with Crippen LogP contribution < -0.4 is 5.32 Å². The molecule has 5 heteroatoms. The zero-order valence-electron chi connectivity index (χ0n) is 12.2. The first-order valence-corrected chi connectivity index (χ1v) is 6.95. The number of aliphatic hydroxyl groups is 1. The van der Waals surface area contributed by atoms with Crippen molar-refractivity contribution in [2.75, 3.05) is 6.54 Å². The molecule has 1 atom stereocenters. The van der Waals surface area contributed by atoms with E-state index in [9.17, 15) is 14.3 Å². The van der Waals surface area contributed by atoms with Crippen molar-refractivity contribution in [1.29, 1.82) is 0 Å². The molecular formula is C15H21ClFNO2. The molecule has 20 heavy (non-hydrogen) atoms. The van der Waals surface area contributed by atoms with Crippen molar-refractivity contribution < 1.29 is 14.3 Å². The summed E-state index contributed by atoms with van der Waals surface area (Å²) in [4.78, 5) is 12.0. The van der Waals surface area contributed by atoms with E-state index in [0.29, 0.717) is 0 Å². The van der Waals surface area contributed by atoms with E-state index in [1.54, 1.807) is 0 Å². The van der Waals surface area contributed by atoms with Crippen molar-refractivity contribution >= 4 is 17.5 Å². The smallest absolute Gasteiger partial charge is 0.255 e. The van der Waals surface area contributed by atoms with Crippen molar-refractivity contribution in [2.24, 2.45) is 11.3 Å². The number of halogens is 2. The Labute approximate surface area is 124 Å². The lowest BCUT2D eigenvalue weighted by Gasteiger charge is -2.33. The SMILES string of the molecule is CC(C)C(O)C(C)(C)CNC(=O)c1c(F)cccc1Cl. The number of carbonyl (C=O) groups is 1. The van der Waals surface area contributed by atoms with Crippen LogP contribution in [0.15, 0.2) is 18.2 Å². The molecule has 1 aromatic rings. The molecule has 0 aliphatic heterocycles. The second-order valence-corrected chi connectivity index (χ2v) is 6.36. The van der Waals surface area contributed by atoms with Crippen LogP contribution in [0.3, 0.4) is 0 Å². The number of amides is 1. The van der Waals surface area contributed by atoms with Gasteiger partial charge in [0.1, 0.15) is 5.82 Å². The molecule has 3 nitrogen and oxygen atoms in total. The van der Waals surface area contributed by atoms with Gasteiger partial charge in [-0.2, -0.15) is 0 Å². The summed E-state index contributed by atoms with van der Waals surface area (Å²) in [6.07, 6.45) is -0.570. The molecule has 0 bridgehead atoms. The molecule has 0 aliphatic rings. The first-order valence-electron chi connectivity index (χ1n) is 6.57. The van der Waals surface area contributed by atoms with Crippen molar-refractivity contribution in [2.45, 2.75) is 33.8 Å². The van der Waals surface area contributed by atoms with E-state index in [-0.39, 0.29) is 23.0 Å². The molecule has 1 amide bonds.